The second kappa shape index (κ2) is 12.3. The van der Waals surface area contributed by atoms with E-state index < -0.39 is 29.6 Å². The van der Waals surface area contributed by atoms with Crippen LogP contribution in [0.15, 0.2) is 0 Å². The first kappa shape index (κ1) is 16.9. The fourth-order valence-electron chi connectivity index (χ4n) is 0. The second-order valence-corrected chi connectivity index (χ2v) is 2.09. The summed E-state index contributed by atoms with van der Waals surface area (Å²) in [5.41, 5.74) is 0. The molecule has 0 atom stereocenters. The van der Waals surface area contributed by atoms with Crippen molar-refractivity contribution in [2.75, 3.05) is 0 Å². The molecule has 0 saturated carbocycles. The number of rotatable bonds is 0. The average molecular weight is 465 g/mol. The van der Waals surface area contributed by atoms with Gasteiger partial charge in [-0.05, 0) is 8.40 Å². The summed E-state index contributed by atoms with van der Waals surface area (Å²) >= 11 is -6.79. The van der Waals surface area contributed by atoms with E-state index in [1.165, 1.54) is 0 Å². The Kier molecular flexibility index (Phi) is 23.2. The molecule has 0 saturated heterocycles. The Morgan fingerprint density at radius 3 is 0.778 bits per heavy atom. The molecule has 0 aromatic carbocycles. The van der Waals surface area contributed by atoms with Crippen LogP contribution in [0.25, 0.3) is 0 Å². The Balaban J connectivity index is -0.0000000720. The van der Waals surface area contributed by atoms with Crippen LogP contribution in [0.4, 0.5) is 0 Å². The van der Waals surface area contributed by atoms with Gasteiger partial charge in [0.05, 0.1) is 0 Å². The van der Waals surface area contributed by atoms with Gasteiger partial charge in [0.25, 0.3) is 0 Å². The van der Waals surface area contributed by atoms with Crippen LogP contribution in [-0.2, 0) is 0 Å². The van der Waals surface area contributed by atoms with Crippen LogP contribution < -0.4 is 16.8 Å². The van der Waals surface area contributed by atoms with Gasteiger partial charge in [-0.2, -0.15) is 0 Å². The zero-order valence-electron chi connectivity index (χ0n) is 3.78. The quantitative estimate of drug-likeness (QED) is 0.343. The van der Waals surface area contributed by atoms with Crippen molar-refractivity contribution in [3.05, 3.63) is 0 Å². The summed E-state index contributed by atoms with van der Waals surface area (Å²) in [6, 6.07) is 0. The molecule has 0 rings (SSSR count). The summed E-state index contributed by atoms with van der Waals surface area (Å²) in [4.78, 5) is 0. The molecule has 0 unspecified atom stereocenters. The molecule has 0 aliphatic carbocycles. The zero-order chi connectivity index (χ0) is 7.15. The first-order valence-corrected chi connectivity index (χ1v) is 4.96. The third-order valence-corrected chi connectivity index (χ3v) is 0. The van der Waals surface area contributed by atoms with Crippen LogP contribution in [-0.4, -0.2) is 35.7 Å². The summed E-state index contributed by atoms with van der Waals surface area (Å²) in [7, 11) is 0. The van der Waals surface area contributed by atoms with Gasteiger partial charge in [-0.3, -0.25) is 0 Å². The van der Waals surface area contributed by atoms with Gasteiger partial charge in [-0.15, -0.1) is 0 Å². The van der Waals surface area contributed by atoms with E-state index in [9.17, 15) is 0 Å². The summed E-state index contributed by atoms with van der Waals surface area (Å²) in [6.45, 7) is 0. The molecule has 4 radical (unpaired) electrons. The van der Waals surface area contributed by atoms with Crippen LogP contribution in [0, 0.1) is 29.6 Å². The van der Waals surface area contributed by atoms with Gasteiger partial charge in [-0.25, -0.2) is 0 Å². The van der Waals surface area contributed by atoms with Crippen molar-refractivity contribution in [3.8, 4) is 0 Å². The molecule has 0 spiro atoms. The topological polar surface area (TPSA) is 133 Å². The van der Waals surface area contributed by atoms with Crippen molar-refractivity contribution in [1.29, 1.82) is 0 Å². The van der Waals surface area contributed by atoms with Gasteiger partial charge in [0.15, 0.2) is 0 Å². The summed E-state index contributed by atoms with van der Waals surface area (Å²) in [5, 5.41) is 0. The van der Waals surface area contributed by atoms with Crippen LogP contribution in [0.1, 0.15) is 0 Å². The van der Waals surface area contributed by atoms with Crippen molar-refractivity contribution in [3.63, 3.8) is 0 Å². The Morgan fingerprint density at radius 1 is 0.778 bits per heavy atom. The first-order chi connectivity index (χ1) is 3.46. The van der Waals surface area contributed by atoms with E-state index in [1.807, 2.05) is 0 Å². The Bertz CT molecular complexity index is 26.5. The SMILES string of the molecule is [O-][Br+2]([O-])O.[O-][Br+2]([O-])O.[Pb]. The van der Waals surface area contributed by atoms with Crippen molar-refractivity contribution in [1.82, 2.24) is 0 Å². The average Bonchev–Trinajstić information content (AvgIpc) is 1.25. The smallest absolute Gasteiger partial charge is 0.372 e. The molecule has 9 heavy (non-hydrogen) atoms. The molecule has 56 valence electrons. The van der Waals surface area contributed by atoms with Crippen LogP contribution in [0.5, 0.6) is 0 Å². The minimum Gasteiger partial charge on any atom is -0.372 e. The number of halogens is 2. The van der Waals surface area contributed by atoms with Gasteiger partial charge in [0.2, 0.25) is 0 Å². The van der Waals surface area contributed by atoms with E-state index in [2.05, 4.69) is 0 Å². The van der Waals surface area contributed by atoms with Crippen LogP contribution in [0.2, 0.25) is 0 Å². The Hall–Kier alpha value is 1.64. The number of hydrogen-bond donors (Lipinski definition) is 2. The van der Waals surface area contributed by atoms with E-state index in [1.54, 1.807) is 0 Å². The summed E-state index contributed by atoms with van der Waals surface area (Å²) < 4.78 is 48.6. The van der Waals surface area contributed by atoms with Crippen molar-refractivity contribution in [2.24, 2.45) is 0 Å². The molecule has 0 amide bonds. The summed E-state index contributed by atoms with van der Waals surface area (Å²) in [6.07, 6.45) is 0. The number of hydrogen-bond acceptors (Lipinski definition) is 6. The molecule has 2 N–H and O–H groups in total. The minimum atomic E-state index is -3.40. The Morgan fingerprint density at radius 2 is 0.778 bits per heavy atom. The minimum absolute atomic E-state index is 0. The molecular formula is H2Br2O6Pb. The van der Waals surface area contributed by atoms with E-state index in [-0.39, 0.29) is 27.3 Å². The summed E-state index contributed by atoms with van der Waals surface area (Å²) in [5.74, 6) is 0. The van der Waals surface area contributed by atoms with Crippen LogP contribution in [0.3, 0.4) is 0 Å². The molecule has 0 bridgehead atoms. The molecule has 0 aliphatic heterocycles. The Labute approximate surface area is 81.6 Å². The molecule has 0 aromatic rings. The van der Waals surface area contributed by atoms with Crippen molar-refractivity contribution >= 4 is 27.3 Å². The largest absolute Gasteiger partial charge is 0.433 e. The second-order valence-electron chi connectivity index (χ2n) is 0.402. The molecule has 0 fully saturated rings. The molecular weight excluding hydrogens is 463 g/mol. The maximum atomic E-state index is 8.63. The van der Waals surface area contributed by atoms with Crippen molar-refractivity contribution in [2.45, 2.75) is 0 Å². The van der Waals surface area contributed by atoms with E-state index in [0.29, 0.717) is 0 Å². The third kappa shape index (κ3) is 209. The van der Waals surface area contributed by atoms with Gasteiger partial charge in [-0.1, -0.05) is 0 Å². The normalized spacial score (nSPS) is 8.00. The van der Waals surface area contributed by atoms with Gasteiger partial charge in [0, 0.05) is 27.3 Å². The molecule has 0 aliphatic rings. The molecule has 6 nitrogen and oxygen atoms in total. The predicted molar refractivity (Wildman–Crippen MR) is 10.2 cm³/mol. The van der Waals surface area contributed by atoms with E-state index in [4.69, 9.17) is 25.2 Å². The van der Waals surface area contributed by atoms with Gasteiger partial charge < -0.3 is 16.8 Å². The fourth-order valence-corrected chi connectivity index (χ4v) is 0. The monoisotopic (exact) mass is 464 g/mol. The fraction of sp³-hybridized carbons (Fsp3) is 0. The zero-order valence-corrected chi connectivity index (χ0v) is 10.8. The van der Waals surface area contributed by atoms with Crippen LogP contribution >= 0.6 is 0 Å². The van der Waals surface area contributed by atoms with E-state index in [0.717, 1.165) is 0 Å². The maximum absolute atomic E-state index is 8.63. The maximum Gasteiger partial charge on any atom is 0.433 e. The van der Waals surface area contributed by atoms with Crippen molar-refractivity contribution < 1.29 is 54.8 Å². The first-order valence-electron chi connectivity index (χ1n) is 0.955. The molecule has 9 heteroatoms. The van der Waals surface area contributed by atoms with Gasteiger partial charge in [0.1, 0.15) is 0 Å². The third-order valence-electron chi connectivity index (χ3n) is 0. The standard InChI is InChI=1S/2BrHO3.Pb/c2*2-1(3)4;/h2*2H;. The predicted octanol–water partition coefficient (Wildman–Crippen LogP) is -6.25. The molecule has 0 aromatic heterocycles. The van der Waals surface area contributed by atoms with E-state index >= 15 is 0 Å². The molecule has 0 heterocycles. The van der Waals surface area contributed by atoms with Gasteiger partial charge >= 0.3 is 29.6 Å².